The number of aromatic nitrogens is 1. The van der Waals surface area contributed by atoms with Gasteiger partial charge in [-0.05, 0) is 24.6 Å². The third-order valence-electron chi connectivity index (χ3n) is 2.53. The number of rotatable bonds is 3. The Morgan fingerprint density at radius 3 is 3.06 bits per heavy atom. The fraction of sp³-hybridized carbons (Fsp3) is 0.154. The largest absolute Gasteiger partial charge is 0.351 e. The van der Waals surface area contributed by atoms with E-state index in [9.17, 15) is 4.79 Å². The number of H-pyrrole nitrogens is 1. The van der Waals surface area contributed by atoms with Gasteiger partial charge in [-0.2, -0.15) is 0 Å². The Morgan fingerprint density at radius 1 is 1.56 bits per heavy atom. The van der Waals surface area contributed by atoms with Crippen LogP contribution in [0.4, 0.5) is 0 Å². The second-order valence-corrected chi connectivity index (χ2v) is 3.72. The van der Waals surface area contributed by atoms with Gasteiger partial charge in [-0.1, -0.05) is 18.2 Å². The van der Waals surface area contributed by atoms with E-state index in [1.165, 1.54) is 0 Å². The third-order valence-corrected chi connectivity index (χ3v) is 2.53. The lowest BCUT2D eigenvalue weighted by Crippen LogP contribution is -2.23. The summed E-state index contributed by atoms with van der Waals surface area (Å²) in [6.07, 6.45) is 1.66. The highest BCUT2D eigenvalue weighted by molar-refractivity contribution is 5.98. The Hall–Kier alpha value is -2.03. The van der Waals surface area contributed by atoms with Gasteiger partial charge in [-0.25, -0.2) is 0 Å². The molecule has 2 rings (SSSR count). The number of hydrogen-bond acceptors (Lipinski definition) is 1. The van der Waals surface area contributed by atoms with Crippen molar-refractivity contribution in [2.45, 2.75) is 6.92 Å². The molecule has 0 fully saturated rings. The normalized spacial score (nSPS) is 10.3. The quantitative estimate of drug-likeness (QED) is 0.757. The minimum Gasteiger partial charge on any atom is -0.351 e. The molecule has 0 bridgehead atoms. The maximum Gasteiger partial charge on any atom is 0.267 e. The van der Waals surface area contributed by atoms with Crippen LogP contribution in [-0.2, 0) is 0 Å². The summed E-state index contributed by atoms with van der Waals surface area (Å²) < 4.78 is 0. The average molecular weight is 214 g/mol. The first-order valence-corrected chi connectivity index (χ1v) is 5.20. The average Bonchev–Trinajstić information content (AvgIpc) is 2.71. The molecule has 1 aromatic heterocycles. The molecule has 1 heterocycles. The number of carbonyl (C=O) groups is 1. The molecule has 0 aliphatic rings. The van der Waals surface area contributed by atoms with E-state index in [0.29, 0.717) is 12.2 Å². The number of amides is 1. The van der Waals surface area contributed by atoms with Crippen LogP contribution in [0.3, 0.4) is 0 Å². The topological polar surface area (TPSA) is 44.9 Å². The SMILES string of the molecule is C=CCNC(=O)c1cc2c(C)cccc2[nH]1. The van der Waals surface area contributed by atoms with Crippen molar-refractivity contribution in [3.05, 3.63) is 48.2 Å². The molecule has 0 atom stereocenters. The van der Waals surface area contributed by atoms with E-state index in [4.69, 9.17) is 0 Å². The summed E-state index contributed by atoms with van der Waals surface area (Å²) in [5.74, 6) is -0.101. The predicted molar refractivity (Wildman–Crippen MR) is 65.6 cm³/mol. The Labute approximate surface area is 94.2 Å². The van der Waals surface area contributed by atoms with E-state index in [0.717, 1.165) is 16.5 Å². The molecular formula is C13H14N2O. The number of aryl methyl sites for hydroxylation is 1. The zero-order chi connectivity index (χ0) is 11.5. The number of benzene rings is 1. The van der Waals surface area contributed by atoms with Gasteiger partial charge >= 0.3 is 0 Å². The van der Waals surface area contributed by atoms with E-state index in [-0.39, 0.29) is 5.91 Å². The van der Waals surface area contributed by atoms with Gasteiger partial charge in [-0.3, -0.25) is 4.79 Å². The smallest absolute Gasteiger partial charge is 0.267 e. The van der Waals surface area contributed by atoms with Crippen LogP contribution in [0.5, 0.6) is 0 Å². The van der Waals surface area contributed by atoms with Crippen LogP contribution in [0.2, 0.25) is 0 Å². The Kier molecular flexibility index (Phi) is 2.77. The predicted octanol–water partition coefficient (Wildman–Crippen LogP) is 2.39. The van der Waals surface area contributed by atoms with Crippen molar-refractivity contribution >= 4 is 16.8 Å². The van der Waals surface area contributed by atoms with E-state index >= 15 is 0 Å². The zero-order valence-electron chi connectivity index (χ0n) is 9.21. The van der Waals surface area contributed by atoms with Crippen molar-refractivity contribution in [2.75, 3.05) is 6.54 Å². The molecule has 82 valence electrons. The number of carbonyl (C=O) groups excluding carboxylic acids is 1. The molecule has 0 saturated carbocycles. The van der Waals surface area contributed by atoms with Gasteiger partial charge in [0.2, 0.25) is 0 Å². The first-order valence-electron chi connectivity index (χ1n) is 5.20. The van der Waals surface area contributed by atoms with E-state index in [1.807, 2.05) is 31.2 Å². The summed E-state index contributed by atoms with van der Waals surface area (Å²) >= 11 is 0. The minimum atomic E-state index is -0.101. The van der Waals surface area contributed by atoms with Gasteiger partial charge in [0.05, 0.1) is 0 Å². The van der Waals surface area contributed by atoms with E-state index in [1.54, 1.807) is 6.08 Å². The summed E-state index contributed by atoms with van der Waals surface area (Å²) in [6, 6.07) is 7.84. The molecular weight excluding hydrogens is 200 g/mol. The first kappa shape index (κ1) is 10.5. The number of fused-ring (bicyclic) bond motifs is 1. The molecule has 3 nitrogen and oxygen atoms in total. The lowest BCUT2D eigenvalue weighted by molar-refractivity contribution is 0.0954. The summed E-state index contributed by atoms with van der Waals surface area (Å²) in [5.41, 5.74) is 2.74. The molecule has 0 saturated heterocycles. The fourth-order valence-corrected chi connectivity index (χ4v) is 1.69. The van der Waals surface area contributed by atoms with Gasteiger partial charge in [0, 0.05) is 17.4 Å². The van der Waals surface area contributed by atoms with Gasteiger partial charge < -0.3 is 10.3 Å². The lowest BCUT2D eigenvalue weighted by Gasteiger charge is -1.97. The van der Waals surface area contributed by atoms with Gasteiger partial charge in [0.25, 0.3) is 5.91 Å². The highest BCUT2D eigenvalue weighted by Crippen LogP contribution is 2.18. The monoisotopic (exact) mass is 214 g/mol. The number of aromatic amines is 1. The van der Waals surface area contributed by atoms with Crippen LogP contribution in [0.25, 0.3) is 10.9 Å². The molecule has 0 aliphatic carbocycles. The maximum atomic E-state index is 11.7. The Bertz CT molecular complexity index is 540. The first-order chi connectivity index (χ1) is 7.72. The highest BCUT2D eigenvalue weighted by atomic mass is 16.1. The van der Waals surface area contributed by atoms with Gasteiger partial charge in [0.15, 0.2) is 0 Å². The number of nitrogens with one attached hydrogen (secondary N) is 2. The summed E-state index contributed by atoms with van der Waals surface area (Å²) in [6.45, 7) is 6.07. The van der Waals surface area contributed by atoms with Crippen LogP contribution in [-0.4, -0.2) is 17.4 Å². The Morgan fingerprint density at radius 2 is 2.38 bits per heavy atom. The molecule has 1 aromatic carbocycles. The van der Waals surface area contributed by atoms with Crippen LogP contribution < -0.4 is 5.32 Å². The Balaban J connectivity index is 2.36. The van der Waals surface area contributed by atoms with Crippen molar-refractivity contribution in [2.24, 2.45) is 0 Å². The molecule has 16 heavy (non-hydrogen) atoms. The van der Waals surface area contributed by atoms with Crippen LogP contribution >= 0.6 is 0 Å². The van der Waals surface area contributed by atoms with E-state index in [2.05, 4.69) is 16.9 Å². The number of hydrogen-bond donors (Lipinski definition) is 2. The fourth-order valence-electron chi connectivity index (χ4n) is 1.69. The molecule has 0 radical (unpaired) electrons. The van der Waals surface area contributed by atoms with Crippen molar-refractivity contribution in [3.63, 3.8) is 0 Å². The molecule has 0 aliphatic heterocycles. The summed E-state index contributed by atoms with van der Waals surface area (Å²) in [7, 11) is 0. The van der Waals surface area contributed by atoms with E-state index < -0.39 is 0 Å². The summed E-state index contributed by atoms with van der Waals surface area (Å²) in [5, 5.41) is 3.83. The van der Waals surface area contributed by atoms with Crippen molar-refractivity contribution in [3.8, 4) is 0 Å². The van der Waals surface area contributed by atoms with Crippen molar-refractivity contribution in [1.29, 1.82) is 0 Å². The van der Waals surface area contributed by atoms with Crippen LogP contribution in [0, 0.1) is 6.92 Å². The molecule has 2 aromatic rings. The molecule has 0 spiro atoms. The minimum absolute atomic E-state index is 0.101. The van der Waals surface area contributed by atoms with Gasteiger partial charge in [-0.15, -0.1) is 6.58 Å². The summed E-state index contributed by atoms with van der Waals surface area (Å²) in [4.78, 5) is 14.8. The van der Waals surface area contributed by atoms with Gasteiger partial charge in [0.1, 0.15) is 5.69 Å². The van der Waals surface area contributed by atoms with Crippen molar-refractivity contribution in [1.82, 2.24) is 10.3 Å². The molecule has 2 N–H and O–H groups in total. The zero-order valence-corrected chi connectivity index (χ0v) is 9.21. The lowest BCUT2D eigenvalue weighted by atomic mass is 10.1. The standard InChI is InChI=1S/C13H14N2O/c1-3-7-14-13(16)12-8-10-9(2)5-4-6-11(10)15-12/h3-6,8,15H,1,7H2,2H3,(H,14,16). The molecule has 3 heteroatoms. The second-order valence-electron chi connectivity index (χ2n) is 3.72. The van der Waals surface area contributed by atoms with Crippen LogP contribution in [0.15, 0.2) is 36.9 Å². The highest BCUT2D eigenvalue weighted by Gasteiger charge is 2.08. The van der Waals surface area contributed by atoms with Crippen molar-refractivity contribution < 1.29 is 4.79 Å². The maximum absolute atomic E-state index is 11.7. The third kappa shape index (κ3) is 1.84. The van der Waals surface area contributed by atoms with Crippen LogP contribution in [0.1, 0.15) is 16.1 Å². The molecule has 1 amide bonds. The second kappa shape index (κ2) is 4.23. The molecule has 0 unspecified atom stereocenters.